The van der Waals surface area contributed by atoms with E-state index in [0.717, 1.165) is 42.5 Å². The molecule has 1 saturated heterocycles. The summed E-state index contributed by atoms with van der Waals surface area (Å²) in [5.74, 6) is 0.299. The van der Waals surface area contributed by atoms with E-state index in [1.165, 1.54) is 0 Å². The minimum absolute atomic E-state index is 0.0514. The molecule has 0 radical (unpaired) electrons. The smallest absolute Gasteiger partial charge is 0.251 e. The molecule has 3 heterocycles. The first-order valence-corrected chi connectivity index (χ1v) is 8.67. The molecule has 0 spiro atoms. The van der Waals surface area contributed by atoms with Gasteiger partial charge >= 0.3 is 0 Å². The summed E-state index contributed by atoms with van der Waals surface area (Å²) in [5, 5.41) is 4.33. The van der Waals surface area contributed by atoms with Gasteiger partial charge in [-0.05, 0) is 54.0 Å². The normalized spacial score (nSPS) is 16.6. The van der Waals surface area contributed by atoms with E-state index in [0.29, 0.717) is 11.5 Å². The maximum Gasteiger partial charge on any atom is 0.251 e. The molecule has 1 aliphatic rings. The number of aromatic nitrogens is 2. The molecule has 1 aliphatic heterocycles. The van der Waals surface area contributed by atoms with E-state index in [4.69, 9.17) is 4.74 Å². The van der Waals surface area contributed by atoms with Crippen molar-refractivity contribution in [2.24, 2.45) is 5.92 Å². The molecule has 1 aromatic carbocycles. The molecule has 128 valence electrons. The zero-order valence-corrected chi connectivity index (χ0v) is 13.9. The number of H-pyrrole nitrogens is 1. The van der Waals surface area contributed by atoms with Crippen LogP contribution in [0, 0.1) is 5.92 Å². The van der Waals surface area contributed by atoms with Crippen LogP contribution in [0.25, 0.3) is 10.9 Å². The Bertz CT molecular complexity index is 854. The van der Waals surface area contributed by atoms with E-state index >= 15 is 0 Å². The molecular weight excluding hydrogens is 314 g/mol. The van der Waals surface area contributed by atoms with E-state index in [-0.39, 0.29) is 11.9 Å². The summed E-state index contributed by atoms with van der Waals surface area (Å²) in [5.41, 5.74) is 2.68. The second kappa shape index (κ2) is 7.07. The van der Waals surface area contributed by atoms with Crippen LogP contribution >= 0.6 is 0 Å². The van der Waals surface area contributed by atoms with Crippen molar-refractivity contribution >= 4 is 16.8 Å². The fourth-order valence-electron chi connectivity index (χ4n) is 3.50. The van der Waals surface area contributed by atoms with Gasteiger partial charge in [-0.1, -0.05) is 12.1 Å². The minimum Gasteiger partial charge on any atom is -0.381 e. The van der Waals surface area contributed by atoms with Crippen molar-refractivity contribution in [3.8, 4) is 0 Å². The summed E-state index contributed by atoms with van der Waals surface area (Å²) in [7, 11) is 0. The summed E-state index contributed by atoms with van der Waals surface area (Å²) in [6, 6.07) is 11.6. The number of fused-ring (bicyclic) bond motifs is 1. The fraction of sp³-hybridized carbons (Fsp3) is 0.300. The van der Waals surface area contributed by atoms with Gasteiger partial charge in [0.15, 0.2) is 0 Å². The zero-order valence-electron chi connectivity index (χ0n) is 13.9. The lowest BCUT2D eigenvalue weighted by atomic mass is 9.87. The number of aromatic amines is 1. The maximum atomic E-state index is 12.9. The number of nitrogens with zero attached hydrogens (tertiary/aromatic N) is 1. The summed E-state index contributed by atoms with van der Waals surface area (Å²) in [4.78, 5) is 20.2. The van der Waals surface area contributed by atoms with Crippen molar-refractivity contribution in [1.29, 1.82) is 0 Å². The molecule has 1 amide bonds. The fourth-order valence-corrected chi connectivity index (χ4v) is 3.50. The largest absolute Gasteiger partial charge is 0.381 e. The third-order valence-electron chi connectivity index (χ3n) is 4.88. The summed E-state index contributed by atoms with van der Waals surface area (Å²) in [6.45, 7) is 1.48. The molecule has 1 fully saturated rings. The number of amides is 1. The Morgan fingerprint density at radius 3 is 2.92 bits per heavy atom. The SMILES string of the molecule is O=C(NC(c1cccnc1)C1CCOCC1)c1ccc2cc[nH]c2c1. The van der Waals surface area contributed by atoms with Crippen LogP contribution in [-0.2, 0) is 4.74 Å². The quantitative estimate of drug-likeness (QED) is 0.767. The Morgan fingerprint density at radius 1 is 1.24 bits per heavy atom. The number of carbonyl (C=O) groups excluding carboxylic acids is 1. The van der Waals surface area contributed by atoms with Crippen LogP contribution in [0.15, 0.2) is 55.0 Å². The molecule has 5 heteroatoms. The number of ether oxygens (including phenoxy) is 1. The molecule has 1 atom stereocenters. The first-order valence-electron chi connectivity index (χ1n) is 8.67. The number of nitrogens with one attached hydrogen (secondary N) is 2. The van der Waals surface area contributed by atoms with Gasteiger partial charge in [0.05, 0.1) is 6.04 Å². The topological polar surface area (TPSA) is 67.0 Å². The van der Waals surface area contributed by atoms with E-state index in [1.54, 1.807) is 6.20 Å². The van der Waals surface area contributed by atoms with Gasteiger partial charge in [0.1, 0.15) is 0 Å². The predicted octanol–water partition coefficient (Wildman–Crippen LogP) is 3.46. The standard InChI is InChI=1S/C20H21N3O2/c24-20(16-4-3-14-5-9-22-18(14)12-16)23-19(15-6-10-25-11-7-15)17-2-1-8-21-13-17/h1-5,8-9,12-13,15,19,22H,6-7,10-11H2,(H,23,24). The van der Waals surface area contributed by atoms with Gasteiger partial charge in [-0.2, -0.15) is 0 Å². The van der Waals surface area contributed by atoms with E-state index in [9.17, 15) is 4.79 Å². The molecule has 3 aromatic rings. The van der Waals surface area contributed by atoms with Gasteiger partial charge in [-0.25, -0.2) is 0 Å². The van der Waals surface area contributed by atoms with E-state index in [2.05, 4.69) is 15.3 Å². The molecule has 0 bridgehead atoms. The lowest BCUT2D eigenvalue weighted by Crippen LogP contribution is -2.36. The molecule has 4 rings (SSSR count). The van der Waals surface area contributed by atoms with E-state index < -0.39 is 0 Å². The van der Waals surface area contributed by atoms with Crippen molar-refractivity contribution in [1.82, 2.24) is 15.3 Å². The molecule has 5 nitrogen and oxygen atoms in total. The van der Waals surface area contributed by atoms with Crippen molar-refractivity contribution in [2.75, 3.05) is 13.2 Å². The Kier molecular flexibility index (Phi) is 4.48. The van der Waals surface area contributed by atoms with E-state index in [1.807, 2.05) is 48.8 Å². The zero-order chi connectivity index (χ0) is 17.1. The van der Waals surface area contributed by atoms with Crippen LogP contribution in [0.3, 0.4) is 0 Å². The molecular formula is C20H21N3O2. The summed E-state index contributed by atoms with van der Waals surface area (Å²) < 4.78 is 5.48. The van der Waals surface area contributed by atoms with Crippen LogP contribution < -0.4 is 5.32 Å². The highest BCUT2D eigenvalue weighted by Gasteiger charge is 2.27. The van der Waals surface area contributed by atoms with Crippen molar-refractivity contribution < 1.29 is 9.53 Å². The first kappa shape index (κ1) is 15.8. The van der Waals surface area contributed by atoms with Crippen molar-refractivity contribution in [3.05, 3.63) is 66.1 Å². The van der Waals surface area contributed by atoms with Gasteiger partial charge in [0.25, 0.3) is 5.91 Å². The minimum atomic E-state index is -0.0585. The van der Waals surface area contributed by atoms with Gasteiger partial charge in [0, 0.05) is 42.9 Å². The number of benzene rings is 1. The van der Waals surface area contributed by atoms with Crippen molar-refractivity contribution in [2.45, 2.75) is 18.9 Å². The molecule has 0 aliphatic carbocycles. The third kappa shape index (κ3) is 3.42. The van der Waals surface area contributed by atoms with Gasteiger partial charge in [-0.15, -0.1) is 0 Å². The van der Waals surface area contributed by atoms with Crippen LogP contribution in [0.5, 0.6) is 0 Å². The number of carbonyl (C=O) groups is 1. The predicted molar refractivity (Wildman–Crippen MR) is 96.3 cm³/mol. The average Bonchev–Trinajstić information content (AvgIpc) is 3.15. The van der Waals surface area contributed by atoms with Crippen LogP contribution in [0.1, 0.15) is 34.8 Å². The lowest BCUT2D eigenvalue weighted by Gasteiger charge is -2.31. The molecule has 2 N–H and O–H groups in total. The highest BCUT2D eigenvalue weighted by Crippen LogP contribution is 2.30. The van der Waals surface area contributed by atoms with Crippen LogP contribution in [0.4, 0.5) is 0 Å². The Balaban J connectivity index is 1.59. The maximum absolute atomic E-state index is 12.9. The molecule has 0 saturated carbocycles. The average molecular weight is 335 g/mol. The Morgan fingerprint density at radius 2 is 2.12 bits per heavy atom. The van der Waals surface area contributed by atoms with Crippen LogP contribution in [-0.4, -0.2) is 29.1 Å². The van der Waals surface area contributed by atoms with Gasteiger partial charge in [-0.3, -0.25) is 9.78 Å². The highest BCUT2D eigenvalue weighted by atomic mass is 16.5. The van der Waals surface area contributed by atoms with Gasteiger partial charge in [0.2, 0.25) is 0 Å². The number of hydrogen-bond donors (Lipinski definition) is 2. The second-order valence-electron chi connectivity index (χ2n) is 6.47. The summed E-state index contributed by atoms with van der Waals surface area (Å²) in [6.07, 6.45) is 7.36. The molecule has 2 aromatic heterocycles. The monoisotopic (exact) mass is 335 g/mol. The Hall–Kier alpha value is -2.66. The molecule has 25 heavy (non-hydrogen) atoms. The second-order valence-corrected chi connectivity index (χ2v) is 6.47. The number of pyridine rings is 1. The third-order valence-corrected chi connectivity index (χ3v) is 4.88. The van der Waals surface area contributed by atoms with Crippen molar-refractivity contribution in [3.63, 3.8) is 0 Å². The Labute approximate surface area is 146 Å². The van der Waals surface area contributed by atoms with Crippen LogP contribution in [0.2, 0.25) is 0 Å². The van der Waals surface area contributed by atoms with Gasteiger partial charge < -0.3 is 15.0 Å². The summed E-state index contributed by atoms with van der Waals surface area (Å²) >= 11 is 0. The lowest BCUT2D eigenvalue weighted by molar-refractivity contribution is 0.0513. The number of rotatable bonds is 4. The molecule has 1 unspecified atom stereocenters. The highest BCUT2D eigenvalue weighted by molar-refractivity contribution is 5.98. The number of hydrogen-bond acceptors (Lipinski definition) is 3. The first-order chi connectivity index (χ1) is 12.3.